The lowest BCUT2D eigenvalue weighted by Gasteiger charge is -2.38. The molecule has 0 heterocycles. The monoisotopic (exact) mass is 566 g/mol. The van der Waals surface area contributed by atoms with Crippen LogP contribution in [-0.4, -0.2) is 16.1 Å². The second-order valence-corrected chi connectivity index (χ2v) is 25.8. The van der Waals surface area contributed by atoms with Crippen molar-refractivity contribution in [3.63, 3.8) is 0 Å². The summed E-state index contributed by atoms with van der Waals surface area (Å²) in [6.07, 6.45) is 0. The van der Waals surface area contributed by atoms with Crippen LogP contribution in [0.1, 0.15) is 105 Å². The molecular weight excluding hydrogens is 513 g/mol. The van der Waals surface area contributed by atoms with E-state index in [2.05, 4.69) is 174 Å². The molecule has 2 rings (SSSR count). The lowest BCUT2D eigenvalue weighted by atomic mass is 9.79. The predicted molar refractivity (Wildman–Crippen MR) is 185 cm³/mol. The molecule has 0 aliphatic rings. The highest BCUT2D eigenvalue weighted by molar-refractivity contribution is 6.90. The summed E-state index contributed by atoms with van der Waals surface area (Å²) in [5, 5.41) is 0. The molecule has 0 aliphatic heterocycles. The highest BCUT2D eigenvalue weighted by Crippen LogP contribution is 2.41. The Morgan fingerprint density at radius 2 is 1.05 bits per heavy atom. The van der Waals surface area contributed by atoms with Gasteiger partial charge in [-0.1, -0.05) is 139 Å². The van der Waals surface area contributed by atoms with Crippen molar-refractivity contribution in [2.24, 2.45) is 0 Å². The third-order valence-corrected chi connectivity index (χ3v) is 15.2. The van der Waals surface area contributed by atoms with Crippen molar-refractivity contribution in [3.05, 3.63) is 58.7 Å². The topological polar surface area (TPSA) is 0 Å². The first kappa shape index (κ1) is 33.8. The largest absolute Gasteiger partial charge is 0.146 e. The average Bonchev–Trinajstić information content (AvgIpc) is 2.80. The molecule has 0 atom stereocenters. The van der Waals surface area contributed by atoms with Gasteiger partial charge in [0, 0.05) is 11.1 Å². The molecular formula is C38H54Si2. The molecule has 0 amide bonds. The molecule has 0 nitrogen and oxygen atoms in total. The van der Waals surface area contributed by atoms with Crippen LogP contribution in [0.2, 0.25) is 36.3 Å². The lowest BCUT2D eigenvalue weighted by molar-refractivity contribution is 0.569. The highest BCUT2D eigenvalue weighted by atomic mass is 28.3. The third-order valence-electron chi connectivity index (χ3n) is 7.99. The summed E-state index contributed by atoms with van der Waals surface area (Å²) in [6.45, 7) is 34.7. The molecule has 0 bridgehead atoms. The van der Waals surface area contributed by atoms with Crippen LogP contribution in [0.25, 0.3) is 11.1 Å². The van der Waals surface area contributed by atoms with Crippen LogP contribution in [0.3, 0.4) is 0 Å². The fourth-order valence-electron chi connectivity index (χ4n) is 5.52. The maximum atomic E-state index is 3.94. The van der Waals surface area contributed by atoms with E-state index in [-0.39, 0.29) is 10.8 Å². The summed E-state index contributed by atoms with van der Waals surface area (Å²) in [7, 11) is -3.36. The van der Waals surface area contributed by atoms with Gasteiger partial charge in [-0.05, 0) is 73.7 Å². The Kier molecular flexibility index (Phi) is 10.6. The normalized spacial score (nSPS) is 12.4. The van der Waals surface area contributed by atoms with Crippen molar-refractivity contribution in [1.29, 1.82) is 0 Å². The minimum absolute atomic E-state index is 0.0656. The van der Waals surface area contributed by atoms with Crippen LogP contribution in [-0.2, 0) is 10.8 Å². The van der Waals surface area contributed by atoms with Crippen LogP contribution in [0.15, 0.2) is 36.4 Å². The minimum Gasteiger partial charge on any atom is -0.125 e. The minimum atomic E-state index is -1.89. The number of rotatable bonds is 4. The van der Waals surface area contributed by atoms with Gasteiger partial charge in [0.2, 0.25) is 0 Å². The van der Waals surface area contributed by atoms with Gasteiger partial charge in [0.15, 0.2) is 0 Å². The average molecular weight is 567 g/mol. The quantitative estimate of drug-likeness (QED) is 0.255. The summed E-state index contributed by atoms with van der Waals surface area (Å²) in [6, 6.07) is 13.8. The number of hydrogen-bond donors (Lipinski definition) is 0. The molecule has 0 radical (unpaired) electrons. The van der Waals surface area contributed by atoms with Crippen LogP contribution < -0.4 is 0 Å². The Morgan fingerprint density at radius 1 is 0.550 bits per heavy atom. The van der Waals surface area contributed by atoms with Gasteiger partial charge in [-0.3, -0.25) is 0 Å². The second kappa shape index (κ2) is 12.6. The summed E-state index contributed by atoms with van der Waals surface area (Å²) >= 11 is 0. The van der Waals surface area contributed by atoms with Crippen LogP contribution in [0.5, 0.6) is 0 Å². The zero-order valence-corrected chi connectivity index (χ0v) is 30.2. The molecule has 0 saturated heterocycles. The van der Waals surface area contributed by atoms with Gasteiger partial charge in [0.05, 0.1) is 0 Å². The first-order chi connectivity index (χ1) is 18.2. The zero-order valence-electron chi connectivity index (χ0n) is 28.2. The maximum Gasteiger partial charge on any atom is 0.146 e. The summed E-state index contributed by atoms with van der Waals surface area (Å²) in [5.74, 6) is 13.4. The second-order valence-electron chi connectivity index (χ2n) is 15.5. The maximum absolute atomic E-state index is 3.94. The Bertz CT molecular complexity index is 1330. The van der Waals surface area contributed by atoms with Gasteiger partial charge in [0.25, 0.3) is 0 Å². The molecule has 0 aromatic heterocycles. The smallest absolute Gasteiger partial charge is 0.125 e. The van der Waals surface area contributed by atoms with E-state index in [1.54, 1.807) is 0 Å². The number of benzene rings is 2. The first-order valence-corrected chi connectivity index (χ1v) is 20.8. The van der Waals surface area contributed by atoms with Gasteiger partial charge in [-0.15, -0.1) is 11.1 Å². The van der Waals surface area contributed by atoms with Gasteiger partial charge < -0.3 is 0 Å². The van der Waals surface area contributed by atoms with E-state index < -0.39 is 16.1 Å². The van der Waals surface area contributed by atoms with Crippen LogP contribution in [0, 0.1) is 34.8 Å². The zero-order chi connectivity index (χ0) is 30.7. The van der Waals surface area contributed by atoms with Gasteiger partial charge in [-0.2, -0.15) is 0 Å². The lowest BCUT2D eigenvalue weighted by Crippen LogP contribution is -2.43. The molecule has 2 aromatic rings. The molecule has 0 N–H and O–H groups in total. The standard InChI is InChI=1S/C38H54Si2/c1-28(2)40(29(3)4,30(5)6)23-21-33-24-32(20-19-31(33)18-16-17-22-39(13,14)15)34-25-35(37(7,8)9)27-36(26-34)38(10,11)12/h19-20,24-30H,1-15H3. The SMILES string of the molecule is CC(C)[Si](C#Cc1cc(-c2cc(C(C)(C)C)cc(C(C)(C)C)c2)ccc1C#CC#C[Si](C)(C)C)(C(C)C)C(C)C. The van der Waals surface area contributed by atoms with Crippen molar-refractivity contribution < 1.29 is 0 Å². The Balaban J connectivity index is 2.87. The Hall–Kier alpha value is -2.45. The molecule has 214 valence electrons. The predicted octanol–water partition coefficient (Wildman–Crippen LogP) is 10.8. The fourth-order valence-corrected chi connectivity index (χ4v) is 11.2. The van der Waals surface area contributed by atoms with E-state index >= 15 is 0 Å². The van der Waals surface area contributed by atoms with Crippen LogP contribution in [0.4, 0.5) is 0 Å². The van der Waals surface area contributed by atoms with Gasteiger partial charge in [0.1, 0.15) is 16.1 Å². The van der Waals surface area contributed by atoms with Crippen LogP contribution >= 0.6 is 0 Å². The fraction of sp³-hybridized carbons (Fsp3) is 0.526. The van der Waals surface area contributed by atoms with E-state index in [0.717, 1.165) is 11.1 Å². The molecule has 2 heteroatoms. The molecule has 0 spiro atoms. The van der Waals surface area contributed by atoms with E-state index in [0.29, 0.717) is 16.6 Å². The Labute approximate surface area is 250 Å². The summed E-state index contributed by atoms with van der Waals surface area (Å²) < 4.78 is 0. The summed E-state index contributed by atoms with van der Waals surface area (Å²) in [5.41, 5.74) is 16.4. The molecule has 40 heavy (non-hydrogen) atoms. The third kappa shape index (κ3) is 8.53. The van der Waals surface area contributed by atoms with Crippen molar-refractivity contribution in [1.82, 2.24) is 0 Å². The molecule has 0 saturated carbocycles. The van der Waals surface area contributed by atoms with E-state index in [4.69, 9.17) is 0 Å². The van der Waals surface area contributed by atoms with Gasteiger partial charge >= 0.3 is 0 Å². The molecule has 0 aliphatic carbocycles. The van der Waals surface area contributed by atoms with Crippen molar-refractivity contribution >= 4 is 16.1 Å². The van der Waals surface area contributed by atoms with E-state index in [1.165, 1.54) is 22.3 Å². The molecule has 0 fully saturated rings. The van der Waals surface area contributed by atoms with Gasteiger partial charge in [-0.25, -0.2) is 0 Å². The van der Waals surface area contributed by atoms with E-state index in [9.17, 15) is 0 Å². The number of hydrogen-bond acceptors (Lipinski definition) is 0. The van der Waals surface area contributed by atoms with Crippen molar-refractivity contribution in [2.75, 3.05) is 0 Å². The molecule has 2 aromatic carbocycles. The van der Waals surface area contributed by atoms with Crippen molar-refractivity contribution in [3.8, 4) is 45.9 Å². The molecule has 0 unspecified atom stereocenters. The van der Waals surface area contributed by atoms with Crippen molar-refractivity contribution in [2.45, 2.75) is 130 Å². The Morgan fingerprint density at radius 3 is 1.48 bits per heavy atom. The highest BCUT2D eigenvalue weighted by Gasteiger charge is 2.41. The summed E-state index contributed by atoms with van der Waals surface area (Å²) in [4.78, 5) is 0. The first-order valence-electron chi connectivity index (χ1n) is 15.1. The van der Waals surface area contributed by atoms with E-state index in [1.807, 2.05) is 0 Å².